The van der Waals surface area contributed by atoms with Crippen molar-refractivity contribution >= 4 is 0 Å². The lowest BCUT2D eigenvalue weighted by Gasteiger charge is -2.15. The van der Waals surface area contributed by atoms with Gasteiger partial charge < -0.3 is 10.1 Å². The van der Waals surface area contributed by atoms with Gasteiger partial charge in [-0.05, 0) is 62.8 Å². The molecular formula is C18H31NO. The van der Waals surface area contributed by atoms with Crippen LogP contribution in [0.3, 0.4) is 0 Å². The van der Waals surface area contributed by atoms with E-state index in [0.29, 0.717) is 12.0 Å². The zero-order valence-corrected chi connectivity index (χ0v) is 13.8. The van der Waals surface area contributed by atoms with E-state index in [1.807, 2.05) is 0 Å². The molecule has 0 aliphatic rings. The molecule has 0 amide bonds. The van der Waals surface area contributed by atoms with Crippen LogP contribution in [0.5, 0.6) is 5.75 Å². The molecule has 0 spiro atoms. The third-order valence-electron chi connectivity index (χ3n) is 3.66. The Labute approximate surface area is 124 Å². The highest BCUT2D eigenvalue weighted by Crippen LogP contribution is 2.24. The lowest BCUT2D eigenvalue weighted by Crippen LogP contribution is -2.26. The van der Waals surface area contributed by atoms with Crippen molar-refractivity contribution in [3.8, 4) is 5.75 Å². The zero-order chi connectivity index (χ0) is 15.0. The molecule has 0 radical (unpaired) electrons. The van der Waals surface area contributed by atoms with Crippen LogP contribution in [0.4, 0.5) is 0 Å². The van der Waals surface area contributed by atoms with E-state index in [9.17, 15) is 0 Å². The van der Waals surface area contributed by atoms with Crippen LogP contribution in [0.2, 0.25) is 0 Å². The second-order valence-electron chi connectivity index (χ2n) is 6.03. The van der Waals surface area contributed by atoms with E-state index in [1.165, 1.54) is 24.0 Å². The summed E-state index contributed by atoms with van der Waals surface area (Å²) in [6.07, 6.45) is 3.47. The Morgan fingerprint density at radius 3 is 2.60 bits per heavy atom. The number of benzene rings is 1. The van der Waals surface area contributed by atoms with Gasteiger partial charge in [0.2, 0.25) is 0 Å². The third kappa shape index (κ3) is 5.96. The molecule has 1 N–H and O–H groups in total. The highest BCUT2D eigenvalue weighted by molar-refractivity contribution is 5.37. The molecular weight excluding hydrogens is 246 g/mol. The number of hydrogen-bond acceptors (Lipinski definition) is 2. The van der Waals surface area contributed by atoms with Gasteiger partial charge in [0.1, 0.15) is 5.75 Å². The Bertz CT molecular complexity index is 387. The van der Waals surface area contributed by atoms with Gasteiger partial charge in [0.05, 0.1) is 6.61 Å². The van der Waals surface area contributed by atoms with E-state index in [-0.39, 0.29) is 0 Å². The highest BCUT2D eigenvalue weighted by Gasteiger charge is 2.05. The van der Waals surface area contributed by atoms with Crippen molar-refractivity contribution in [2.45, 2.75) is 65.8 Å². The van der Waals surface area contributed by atoms with Crippen LogP contribution in [0.1, 0.15) is 64.0 Å². The van der Waals surface area contributed by atoms with Crippen molar-refractivity contribution < 1.29 is 4.74 Å². The minimum Gasteiger partial charge on any atom is -0.493 e. The first-order valence-corrected chi connectivity index (χ1v) is 8.01. The van der Waals surface area contributed by atoms with Gasteiger partial charge in [-0.3, -0.25) is 0 Å². The van der Waals surface area contributed by atoms with E-state index < -0.39 is 0 Å². The van der Waals surface area contributed by atoms with E-state index in [4.69, 9.17) is 4.74 Å². The lowest BCUT2D eigenvalue weighted by atomic mass is 10.0. The number of rotatable bonds is 9. The number of nitrogens with one attached hydrogen (secondary N) is 1. The van der Waals surface area contributed by atoms with Gasteiger partial charge >= 0.3 is 0 Å². The number of aryl methyl sites for hydroxylation is 1. The lowest BCUT2D eigenvalue weighted by molar-refractivity contribution is 0.296. The summed E-state index contributed by atoms with van der Waals surface area (Å²) in [5.41, 5.74) is 2.58. The first-order chi connectivity index (χ1) is 9.54. The van der Waals surface area contributed by atoms with Gasteiger partial charge in [0.25, 0.3) is 0 Å². The Hall–Kier alpha value is -1.02. The maximum atomic E-state index is 5.95. The molecule has 0 aliphatic heterocycles. The van der Waals surface area contributed by atoms with Gasteiger partial charge in [-0.1, -0.05) is 32.9 Å². The summed E-state index contributed by atoms with van der Waals surface area (Å²) in [5.74, 6) is 1.60. The molecule has 1 unspecified atom stereocenters. The number of hydrogen-bond donors (Lipinski definition) is 1. The monoisotopic (exact) mass is 277 g/mol. The quantitative estimate of drug-likeness (QED) is 0.663. The van der Waals surface area contributed by atoms with Crippen molar-refractivity contribution in [2.24, 2.45) is 0 Å². The minimum atomic E-state index is 0.552. The summed E-state index contributed by atoms with van der Waals surface area (Å²) >= 11 is 0. The number of ether oxygens (including phenoxy) is 1. The summed E-state index contributed by atoms with van der Waals surface area (Å²) in [6, 6.07) is 7.14. The van der Waals surface area contributed by atoms with Crippen LogP contribution in [-0.4, -0.2) is 19.2 Å². The maximum Gasteiger partial charge on any atom is 0.122 e. The van der Waals surface area contributed by atoms with Gasteiger partial charge in [-0.25, -0.2) is 0 Å². The standard InChI is InChI=1S/C18H31NO/c1-6-11-19-16(5)8-7-12-20-18-13-17(14(2)3)10-9-15(18)4/h9-10,13-14,16,19H,6-8,11-12H2,1-5H3. The summed E-state index contributed by atoms with van der Waals surface area (Å²) in [6.45, 7) is 12.9. The van der Waals surface area contributed by atoms with E-state index >= 15 is 0 Å². The van der Waals surface area contributed by atoms with Crippen LogP contribution in [0.25, 0.3) is 0 Å². The molecule has 1 aromatic rings. The smallest absolute Gasteiger partial charge is 0.122 e. The van der Waals surface area contributed by atoms with Crippen LogP contribution < -0.4 is 10.1 Å². The molecule has 0 saturated heterocycles. The van der Waals surface area contributed by atoms with Gasteiger partial charge in [0, 0.05) is 6.04 Å². The molecule has 1 rings (SSSR count). The average Bonchev–Trinajstić information content (AvgIpc) is 2.42. The van der Waals surface area contributed by atoms with Crippen molar-refractivity contribution in [3.05, 3.63) is 29.3 Å². The minimum absolute atomic E-state index is 0.552. The molecule has 20 heavy (non-hydrogen) atoms. The normalized spacial score (nSPS) is 12.7. The first-order valence-electron chi connectivity index (χ1n) is 8.01. The molecule has 2 heteroatoms. The van der Waals surface area contributed by atoms with E-state index in [1.54, 1.807) is 0 Å². The second kappa shape index (κ2) is 9.02. The highest BCUT2D eigenvalue weighted by atomic mass is 16.5. The fourth-order valence-corrected chi connectivity index (χ4v) is 2.20. The maximum absolute atomic E-state index is 5.95. The second-order valence-corrected chi connectivity index (χ2v) is 6.03. The summed E-state index contributed by atoms with van der Waals surface area (Å²) in [4.78, 5) is 0. The van der Waals surface area contributed by atoms with Crippen molar-refractivity contribution in [3.63, 3.8) is 0 Å². The van der Waals surface area contributed by atoms with E-state index in [2.05, 4.69) is 58.1 Å². The predicted octanol–water partition coefficient (Wildman–Crippen LogP) is 4.67. The fraction of sp³-hybridized carbons (Fsp3) is 0.667. The Balaban J connectivity index is 2.36. The molecule has 2 nitrogen and oxygen atoms in total. The van der Waals surface area contributed by atoms with Crippen LogP contribution in [0.15, 0.2) is 18.2 Å². The van der Waals surface area contributed by atoms with Gasteiger partial charge in [0.15, 0.2) is 0 Å². The molecule has 0 fully saturated rings. The van der Waals surface area contributed by atoms with Crippen molar-refractivity contribution in [2.75, 3.05) is 13.2 Å². The molecule has 0 aromatic heterocycles. The molecule has 1 atom stereocenters. The largest absolute Gasteiger partial charge is 0.493 e. The van der Waals surface area contributed by atoms with Crippen molar-refractivity contribution in [1.29, 1.82) is 0 Å². The summed E-state index contributed by atoms with van der Waals surface area (Å²) in [7, 11) is 0. The summed E-state index contributed by atoms with van der Waals surface area (Å²) < 4.78 is 5.95. The van der Waals surface area contributed by atoms with Crippen molar-refractivity contribution in [1.82, 2.24) is 5.32 Å². The Kier molecular flexibility index (Phi) is 7.68. The van der Waals surface area contributed by atoms with Crippen LogP contribution >= 0.6 is 0 Å². The summed E-state index contributed by atoms with van der Waals surface area (Å²) in [5, 5.41) is 3.51. The van der Waals surface area contributed by atoms with Gasteiger partial charge in [-0.2, -0.15) is 0 Å². The molecule has 0 heterocycles. The average molecular weight is 277 g/mol. The van der Waals surface area contributed by atoms with E-state index in [0.717, 1.165) is 25.3 Å². The fourth-order valence-electron chi connectivity index (χ4n) is 2.20. The first kappa shape index (κ1) is 17.0. The van der Waals surface area contributed by atoms with Crippen LogP contribution in [-0.2, 0) is 0 Å². The van der Waals surface area contributed by atoms with Gasteiger partial charge in [-0.15, -0.1) is 0 Å². The molecule has 114 valence electrons. The molecule has 0 bridgehead atoms. The predicted molar refractivity (Wildman–Crippen MR) is 87.8 cm³/mol. The zero-order valence-electron chi connectivity index (χ0n) is 13.8. The molecule has 0 aliphatic carbocycles. The topological polar surface area (TPSA) is 21.3 Å². The molecule has 0 saturated carbocycles. The Morgan fingerprint density at radius 1 is 1.20 bits per heavy atom. The third-order valence-corrected chi connectivity index (χ3v) is 3.66. The Morgan fingerprint density at radius 2 is 1.95 bits per heavy atom. The SMILES string of the molecule is CCCNC(C)CCCOc1cc(C(C)C)ccc1C. The molecule has 1 aromatic carbocycles. The van der Waals surface area contributed by atoms with Crippen LogP contribution in [0, 0.1) is 6.92 Å².